The molecule has 0 bridgehead atoms. The molecule has 0 radical (unpaired) electrons. The summed E-state index contributed by atoms with van der Waals surface area (Å²) in [6, 6.07) is 23.9. The Labute approximate surface area is 298 Å². The summed E-state index contributed by atoms with van der Waals surface area (Å²) in [5.74, 6) is 0.977. The number of likely N-dealkylation sites (tertiary alicyclic amines) is 2. The van der Waals surface area contributed by atoms with Crippen LogP contribution in [0.3, 0.4) is 0 Å². The van der Waals surface area contributed by atoms with Crippen molar-refractivity contribution in [3.05, 3.63) is 127 Å². The quantitative estimate of drug-likeness (QED) is 0.128. The van der Waals surface area contributed by atoms with Crippen LogP contribution >= 0.6 is 0 Å². The van der Waals surface area contributed by atoms with Crippen molar-refractivity contribution in [1.82, 2.24) is 40.0 Å². The minimum Gasteiger partial charge on any atom is -0.465 e. The second-order valence-corrected chi connectivity index (χ2v) is 13.0. The Bertz CT molecular complexity index is 2180. The number of nitrogens with zero attached hydrogens (tertiary/aromatic N) is 5. The number of hydrogen-bond donors (Lipinski definition) is 4. The van der Waals surface area contributed by atoms with Gasteiger partial charge in [0.1, 0.15) is 24.0 Å². The first-order valence-corrected chi connectivity index (χ1v) is 17.3. The molecule has 3 aromatic heterocycles. The van der Waals surface area contributed by atoms with E-state index in [1.807, 2.05) is 18.2 Å². The molecule has 52 heavy (non-hydrogen) atoms. The Morgan fingerprint density at radius 2 is 1.27 bits per heavy atom. The number of H-pyrrole nitrogens is 2. The predicted molar refractivity (Wildman–Crippen MR) is 191 cm³/mol. The SMILES string of the molecule is O=C(O)NC(C(=O)N1CCC[C@H]1c1ncc(-c2ccc(-c3ccc(-c4cnc([C@@H]5CCCN5C(=O)c5ncco5)[nH]4)cc3)cc2)[nH]1)c1ccccc1. The molecule has 3 amide bonds. The molecule has 13 nitrogen and oxygen atoms in total. The van der Waals surface area contributed by atoms with Gasteiger partial charge in [-0.3, -0.25) is 9.59 Å². The maximum atomic E-state index is 13.7. The average molecular weight is 697 g/mol. The molecule has 0 saturated carbocycles. The third-order valence-corrected chi connectivity index (χ3v) is 9.86. The Morgan fingerprint density at radius 3 is 1.81 bits per heavy atom. The third kappa shape index (κ3) is 6.43. The molecule has 2 fully saturated rings. The van der Waals surface area contributed by atoms with Crippen LogP contribution < -0.4 is 5.32 Å². The van der Waals surface area contributed by atoms with Gasteiger partial charge in [0.2, 0.25) is 0 Å². The van der Waals surface area contributed by atoms with Gasteiger partial charge in [-0.2, -0.15) is 0 Å². The topological polar surface area (TPSA) is 173 Å². The molecule has 8 rings (SSSR count). The van der Waals surface area contributed by atoms with Crippen molar-refractivity contribution >= 4 is 17.9 Å². The summed E-state index contributed by atoms with van der Waals surface area (Å²) in [6.45, 7) is 1.14. The standard InChI is InChI=1S/C39H36N8O5/c48-37(33(45-39(50)51)28-6-2-1-3-7-28)46-19-4-8-31(46)34-41-22-29(43-34)26-14-10-24(11-15-26)25-12-16-27(17-13-25)30-23-42-35(44-30)32-9-5-20-47(32)38(49)36-40-18-21-52-36/h1-3,6-7,10-18,21-23,31-33,45H,4-5,8-9,19-20H2,(H,41,43)(H,42,44)(H,50,51)/t31-,32-,33?/m0/s1. The molecule has 0 spiro atoms. The number of carboxylic acid groups (broad SMARTS) is 1. The number of imidazole rings is 2. The minimum absolute atomic E-state index is 0.0897. The van der Waals surface area contributed by atoms with Gasteiger partial charge in [0.15, 0.2) is 0 Å². The van der Waals surface area contributed by atoms with E-state index in [1.165, 1.54) is 12.5 Å². The monoisotopic (exact) mass is 696 g/mol. The molecule has 1 unspecified atom stereocenters. The van der Waals surface area contributed by atoms with Gasteiger partial charge < -0.3 is 34.6 Å². The zero-order valence-electron chi connectivity index (χ0n) is 28.1. The van der Waals surface area contributed by atoms with Crippen molar-refractivity contribution in [2.45, 2.75) is 43.8 Å². The molecule has 2 aliphatic heterocycles. The lowest BCUT2D eigenvalue weighted by Gasteiger charge is -2.28. The van der Waals surface area contributed by atoms with Crippen molar-refractivity contribution in [3.63, 3.8) is 0 Å². The highest BCUT2D eigenvalue weighted by Gasteiger charge is 2.37. The van der Waals surface area contributed by atoms with Gasteiger partial charge in [0.25, 0.3) is 11.8 Å². The first-order valence-electron chi connectivity index (χ1n) is 17.3. The summed E-state index contributed by atoms with van der Waals surface area (Å²) >= 11 is 0. The van der Waals surface area contributed by atoms with Crippen molar-refractivity contribution < 1.29 is 23.9 Å². The van der Waals surface area contributed by atoms with E-state index in [2.05, 4.69) is 66.6 Å². The smallest absolute Gasteiger partial charge is 0.405 e. The van der Waals surface area contributed by atoms with E-state index >= 15 is 0 Å². The molecule has 6 aromatic rings. The fourth-order valence-corrected chi connectivity index (χ4v) is 7.27. The van der Waals surface area contributed by atoms with Gasteiger partial charge >= 0.3 is 12.0 Å². The lowest BCUT2D eigenvalue weighted by Crippen LogP contribution is -2.42. The fraction of sp³-hybridized carbons (Fsp3) is 0.231. The number of amides is 3. The second-order valence-electron chi connectivity index (χ2n) is 13.0. The molecule has 5 heterocycles. The summed E-state index contributed by atoms with van der Waals surface area (Å²) in [6.07, 6.45) is 8.42. The Morgan fingerprint density at radius 1 is 0.731 bits per heavy atom. The first kappa shape index (κ1) is 32.7. The number of carbonyl (C=O) groups excluding carboxylic acids is 2. The lowest BCUT2D eigenvalue weighted by atomic mass is 10.0. The van der Waals surface area contributed by atoms with E-state index in [9.17, 15) is 19.5 Å². The minimum atomic E-state index is -1.25. The molecular weight excluding hydrogens is 660 g/mol. The molecule has 2 saturated heterocycles. The van der Waals surface area contributed by atoms with Crippen LogP contribution in [0.5, 0.6) is 0 Å². The molecule has 0 aliphatic carbocycles. The zero-order valence-corrected chi connectivity index (χ0v) is 28.1. The molecule has 262 valence electrons. The zero-order chi connectivity index (χ0) is 35.6. The van der Waals surface area contributed by atoms with Gasteiger partial charge in [-0.15, -0.1) is 0 Å². The second kappa shape index (κ2) is 14.0. The lowest BCUT2D eigenvalue weighted by molar-refractivity contribution is -0.134. The van der Waals surface area contributed by atoms with Crippen molar-refractivity contribution in [2.24, 2.45) is 0 Å². The third-order valence-electron chi connectivity index (χ3n) is 9.86. The largest absolute Gasteiger partial charge is 0.465 e. The van der Waals surface area contributed by atoms with E-state index in [0.29, 0.717) is 24.5 Å². The Kier molecular flexibility index (Phi) is 8.81. The summed E-state index contributed by atoms with van der Waals surface area (Å²) < 4.78 is 5.24. The van der Waals surface area contributed by atoms with Crippen LogP contribution in [0, 0.1) is 0 Å². The molecule has 4 N–H and O–H groups in total. The van der Waals surface area contributed by atoms with Gasteiger partial charge in [-0.1, -0.05) is 78.9 Å². The van der Waals surface area contributed by atoms with Crippen LogP contribution in [0.4, 0.5) is 4.79 Å². The molecule has 3 atom stereocenters. The van der Waals surface area contributed by atoms with Crippen LogP contribution in [-0.2, 0) is 4.79 Å². The normalized spacial score (nSPS) is 17.7. The number of aromatic amines is 2. The highest BCUT2D eigenvalue weighted by Crippen LogP contribution is 2.35. The number of benzene rings is 3. The van der Waals surface area contributed by atoms with Crippen LogP contribution in [0.2, 0.25) is 0 Å². The van der Waals surface area contributed by atoms with E-state index < -0.39 is 12.1 Å². The van der Waals surface area contributed by atoms with E-state index in [-0.39, 0.29) is 29.8 Å². The maximum Gasteiger partial charge on any atom is 0.405 e. The fourth-order valence-electron chi connectivity index (χ4n) is 7.27. The number of oxazole rings is 1. The number of aromatic nitrogens is 5. The van der Waals surface area contributed by atoms with Gasteiger partial charge in [0.05, 0.1) is 42.1 Å². The molecule has 3 aromatic carbocycles. The van der Waals surface area contributed by atoms with Crippen LogP contribution in [0.25, 0.3) is 33.6 Å². The van der Waals surface area contributed by atoms with Crippen molar-refractivity contribution in [3.8, 4) is 33.6 Å². The summed E-state index contributed by atoms with van der Waals surface area (Å²) in [5, 5.41) is 11.9. The maximum absolute atomic E-state index is 13.7. The van der Waals surface area contributed by atoms with Crippen molar-refractivity contribution in [1.29, 1.82) is 0 Å². The molecular formula is C39H36N8O5. The van der Waals surface area contributed by atoms with Gasteiger partial charge in [-0.05, 0) is 53.5 Å². The average Bonchev–Trinajstić information content (AvgIpc) is 4.03. The van der Waals surface area contributed by atoms with Gasteiger partial charge in [-0.25, -0.2) is 19.7 Å². The van der Waals surface area contributed by atoms with E-state index in [4.69, 9.17) is 4.42 Å². The summed E-state index contributed by atoms with van der Waals surface area (Å²) in [7, 11) is 0. The highest BCUT2D eigenvalue weighted by atomic mass is 16.4. The van der Waals surface area contributed by atoms with Crippen LogP contribution in [-0.4, -0.2) is 70.8 Å². The Hall–Kier alpha value is -6.50. The van der Waals surface area contributed by atoms with E-state index in [1.54, 1.807) is 46.5 Å². The number of carbonyl (C=O) groups is 3. The van der Waals surface area contributed by atoms with Crippen LogP contribution in [0.1, 0.15) is 71.7 Å². The number of rotatable bonds is 9. The van der Waals surface area contributed by atoms with Crippen LogP contribution in [0.15, 0.2) is 108 Å². The summed E-state index contributed by atoms with van der Waals surface area (Å²) in [5.41, 5.74) is 6.35. The predicted octanol–water partition coefficient (Wildman–Crippen LogP) is 6.77. The Balaban J connectivity index is 0.936. The number of nitrogens with one attached hydrogen (secondary N) is 3. The molecule has 13 heteroatoms. The highest BCUT2D eigenvalue weighted by molar-refractivity contribution is 5.90. The van der Waals surface area contributed by atoms with Gasteiger partial charge in [0, 0.05) is 13.1 Å². The summed E-state index contributed by atoms with van der Waals surface area (Å²) in [4.78, 5) is 61.8. The van der Waals surface area contributed by atoms with E-state index in [0.717, 1.165) is 65.1 Å². The first-order chi connectivity index (χ1) is 25.4. The van der Waals surface area contributed by atoms with Crippen molar-refractivity contribution in [2.75, 3.05) is 13.1 Å². The molecule has 2 aliphatic rings. The number of hydrogen-bond acceptors (Lipinski definition) is 7.